The summed E-state index contributed by atoms with van der Waals surface area (Å²) >= 11 is 5.89. The second-order valence-corrected chi connectivity index (χ2v) is 5.35. The first kappa shape index (κ1) is 11.9. The highest BCUT2D eigenvalue weighted by Crippen LogP contribution is 2.23. The minimum Gasteiger partial charge on any atom is -0.337 e. The van der Waals surface area contributed by atoms with E-state index in [1.807, 2.05) is 17.0 Å². The van der Waals surface area contributed by atoms with Gasteiger partial charge in [0.1, 0.15) is 5.15 Å². The lowest BCUT2D eigenvalue weighted by molar-refractivity contribution is -0.130. The van der Waals surface area contributed by atoms with Crippen LogP contribution in [0.3, 0.4) is 0 Å². The number of nitrogens with zero attached hydrogens (tertiary/aromatic N) is 3. The molecular weight excluding hydrogens is 250 g/mol. The largest absolute Gasteiger partial charge is 0.337 e. The summed E-state index contributed by atoms with van der Waals surface area (Å²) in [5.41, 5.74) is 1.00. The molecule has 0 aromatic carbocycles. The van der Waals surface area contributed by atoms with Crippen LogP contribution in [0.15, 0.2) is 18.2 Å². The Balaban J connectivity index is 1.64. The zero-order chi connectivity index (χ0) is 12.5. The molecule has 0 radical (unpaired) electrons. The first-order valence-corrected chi connectivity index (χ1v) is 6.73. The van der Waals surface area contributed by atoms with E-state index in [1.165, 1.54) is 0 Å². The maximum Gasteiger partial charge on any atom is 0.222 e. The second-order valence-electron chi connectivity index (χ2n) is 4.97. The number of amides is 1. The zero-order valence-corrected chi connectivity index (χ0v) is 10.9. The number of carbonyl (C=O) groups is 1. The van der Waals surface area contributed by atoms with E-state index in [1.54, 1.807) is 6.07 Å². The SMILES string of the molecule is O=C1CCC2CN(Cc3cccc(Cl)n3)CCN12. The lowest BCUT2D eigenvalue weighted by Gasteiger charge is -2.37. The number of halogens is 1. The van der Waals surface area contributed by atoms with Crippen LogP contribution >= 0.6 is 11.6 Å². The molecule has 1 aromatic rings. The van der Waals surface area contributed by atoms with E-state index in [2.05, 4.69) is 9.88 Å². The number of fused-ring (bicyclic) bond motifs is 1. The van der Waals surface area contributed by atoms with Crippen molar-refractivity contribution in [3.05, 3.63) is 29.0 Å². The fourth-order valence-electron chi connectivity index (χ4n) is 2.84. The van der Waals surface area contributed by atoms with E-state index in [-0.39, 0.29) is 0 Å². The third-order valence-corrected chi connectivity index (χ3v) is 3.95. The first-order valence-electron chi connectivity index (χ1n) is 6.35. The van der Waals surface area contributed by atoms with Crippen molar-refractivity contribution in [2.75, 3.05) is 19.6 Å². The molecule has 2 aliphatic rings. The van der Waals surface area contributed by atoms with E-state index in [4.69, 9.17) is 11.6 Å². The number of pyridine rings is 1. The number of rotatable bonds is 2. The molecule has 96 valence electrons. The maximum atomic E-state index is 11.6. The average molecular weight is 266 g/mol. The molecule has 1 unspecified atom stereocenters. The van der Waals surface area contributed by atoms with Crippen molar-refractivity contribution in [1.82, 2.24) is 14.8 Å². The number of piperazine rings is 1. The number of hydrogen-bond acceptors (Lipinski definition) is 3. The summed E-state index contributed by atoms with van der Waals surface area (Å²) in [6.07, 6.45) is 1.71. The van der Waals surface area contributed by atoms with Gasteiger partial charge in [-0.25, -0.2) is 4.98 Å². The lowest BCUT2D eigenvalue weighted by Crippen LogP contribution is -2.51. The molecular formula is C13H16ClN3O. The zero-order valence-electron chi connectivity index (χ0n) is 10.2. The minimum absolute atomic E-state index is 0.320. The molecule has 1 atom stereocenters. The Morgan fingerprint density at radius 3 is 3.11 bits per heavy atom. The van der Waals surface area contributed by atoms with Crippen LogP contribution in [0.2, 0.25) is 5.15 Å². The Morgan fingerprint density at radius 2 is 2.28 bits per heavy atom. The highest BCUT2D eigenvalue weighted by atomic mass is 35.5. The summed E-state index contributed by atoms with van der Waals surface area (Å²) in [5.74, 6) is 0.320. The fourth-order valence-corrected chi connectivity index (χ4v) is 3.02. The smallest absolute Gasteiger partial charge is 0.222 e. The summed E-state index contributed by atoms with van der Waals surface area (Å²) in [4.78, 5) is 20.3. The summed E-state index contributed by atoms with van der Waals surface area (Å²) in [6.45, 7) is 3.56. The van der Waals surface area contributed by atoms with Crippen molar-refractivity contribution in [2.24, 2.45) is 0 Å². The van der Waals surface area contributed by atoms with Gasteiger partial charge < -0.3 is 4.90 Å². The normalized spacial score (nSPS) is 24.4. The lowest BCUT2D eigenvalue weighted by atomic mass is 10.1. The monoisotopic (exact) mass is 265 g/mol. The molecule has 2 fully saturated rings. The molecule has 0 N–H and O–H groups in total. The van der Waals surface area contributed by atoms with Crippen LogP contribution in [-0.4, -0.2) is 46.4 Å². The molecule has 0 saturated carbocycles. The topological polar surface area (TPSA) is 36.4 Å². The van der Waals surface area contributed by atoms with Crippen LogP contribution in [0.5, 0.6) is 0 Å². The first-order chi connectivity index (χ1) is 8.72. The molecule has 3 rings (SSSR count). The molecule has 0 spiro atoms. The molecule has 3 heterocycles. The standard InChI is InChI=1S/C13H16ClN3O/c14-12-3-1-2-10(15-12)8-16-6-7-17-11(9-16)4-5-13(17)18/h1-3,11H,4-9H2. The quantitative estimate of drug-likeness (QED) is 0.761. The summed E-state index contributed by atoms with van der Waals surface area (Å²) in [6, 6.07) is 6.13. The van der Waals surface area contributed by atoms with Crippen LogP contribution < -0.4 is 0 Å². The van der Waals surface area contributed by atoms with Gasteiger partial charge in [0.2, 0.25) is 5.91 Å². The van der Waals surface area contributed by atoms with E-state index < -0.39 is 0 Å². The second kappa shape index (κ2) is 4.86. The third kappa shape index (κ3) is 2.35. The Bertz CT molecular complexity index is 465. The Morgan fingerprint density at radius 1 is 1.39 bits per heavy atom. The number of carbonyl (C=O) groups excluding carboxylic acids is 1. The summed E-state index contributed by atoms with van der Waals surface area (Å²) in [7, 11) is 0. The van der Waals surface area contributed by atoms with Gasteiger partial charge in [0.15, 0.2) is 0 Å². The molecule has 1 amide bonds. The van der Waals surface area contributed by atoms with Crippen LogP contribution in [0, 0.1) is 0 Å². The van der Waals surface area contributed by atoms with Crippen molar-refractivity contribution in [1.29, 1.82) is 0 Å². The van der Waals surface area contributed by atoms with Gasteiger partial charge in [-0.3, -0.25) is 9.69 Å². The molecule has 2 saturated heterocycles. The van der Waals surface area contributed by atoms with Crippen molar-refractivity contribution >= 4 is 17.5 Å². The molecule has 2 aliphatic heterocycles. The number of hydrogen-bond donors (Lipinski definition) is 0. The minimum atomic E-state index is 0.320. The Kier molecular flexibility index (Phi) is 3.22. The van der Waals surface area contributed by atoms with E-state index >= 15 is 0 Å². The third-order valence-electron chi connectivity index (χ3n) is 3.74. The van der Waals surface area contributed by atoms with Gasteiger partial charge in [0, 0.05) is 38.6 Å². The van der Waals surface area contributed by atoms with Gasteiger partial charge >= 0.3 is 0 Å². The average Bonchev–Trinajstić information content (AvgIpc) is 2.71. The van der Waals surface area contributed by atoms with E-state index in [0.29, 0.717) is 23.5 Å². The van der Waals surface area contributed by atoms with Gasteiger partial charge in [0.05, 0.1) is 5.69 Å². The van der Waals surface area contributed by atoms with Gasteiger partial charge in [-0.15, -0.1) is 0 Å². The van der Waals surface area contributed by atoms with Crippen LogP contribution in [-0.2, 0) is 11.3 Å². The Hall–Kier alpha value is -1.13. The summed E-state index contributed by atoms with van der Waals surface area (Å²) in [5, 5.41) is 0.544. The maximum absolute atomic E-state index is 11.6. The molecule has 0 bridgehead atoms. The van der Waals surface area contributed by atoms with Crippen molar-refractivity contribution in [3.8, 4) is 0 Å². The van der Waals surface area contributed by atoms with Crippen molar-refractivity contribution in [2.45, 2.75) is 25.4 Å². The van der Waals surface area contributed by atoms with Gasteiger partial charge in [-0.05, 0) is 18.6 Å². The highest BCUT2D eigenvalue weighted by molar-refractivity contribution is 6.29. The molecule has 4 nitrogen and oxygen atoms in total. The Labute approximate surface area is 112 Å². The van der Waals surface area contributed by atoms with Gasteiger partial charge in [-0.2, -0.15) is 0 Å². The van der Waals surface area contributed by atoms with Gasteiger partial charge in [0.25, 0.3) is 0 Å². The van der Waals surface area contributed by atoms with E-state index in [9.17, 15) is 4.79 Å². The van der Waals surface area contributed by atoms with Crippen LogP contribution in [0.1, 0.15) is 18.5 Å². The van der Waals surface area contributed by atoms with E-state index in [0.717, 1.165) is 38.3 Å². The molecule has 1 aromatic heterocycles. The predicted molar refractivity (Wildman–Crippen MR) is 69.3 cm³/mol. The van der Waals surface area contributed by atoms with Crippen LogP contribution in [0.25, 0.3) is 0 Å². The number of aromatic nitrogens is 1. The molecule has 5 heteroatoms. The van der Waals surface area contributed by atoms with Crippen molar-refractivity contribution in [3.63, 3.8) is 0 Å². The highest BCUT2D eigenvalue weighted by Gasteiger charge is 2.35. The predicted octanol–water partition coefficient (Wildman–Crippen LogP) is 1.54. The fraction of sp³-hybridized carbons (Fsp3) is 0.538. The molecule has 0 aliphatic carbocycles. The van der Waals surface area contributed by atoms with Crippen LogP contribution in [0.4, 0.5) is 0 Å². The van der Waals surface area contributed by atoms with Gasteiger partial charge in [-0.1, -0.05) is 17.7 Å². The summed E-state index contributed by atoms with van der Waals surface area (Å²) < 4.78 is 0. The van der Waals surface area contributed by atoms with Crippen molar-refractivity contribution < 1.29 is 4.79 Å². The molecule has 18 heavy (non-hydrogen) atoms.